The van der Waals surface area contributed by atoms with Gasteiger partial charge in [-0.1, -0.05) is 11.8 Å². The summed E-state index contributed by atoms with van der Waals surface area (Å²) in [6.07, 6.45) is 1.73. The fraction of sp³-hybridized carbons (Fsp3) is 0.222. The molecule has 1 aromatic rings. The van der Waals surface area contributed by atoms with Crippen LogP contribution in [0.4, 0.5) is 0 Å². The fourth-order valence-corrected chi connectivity index (χ4v) is 1.06. The lowest BCUT2D eigenvalue weighted by molar-refractivity contribution is 0.938. The van der Waals surface area contributed by atoms with Gasteiger partial charge in [0.1, 0.15) is 4.60 Å². The number of nitrogens with zero attached hydrogens (tertiary/aromatic N) is 1. The van der Waals surface area contributed by atoms with Gasteiger partial charge in [0.25, 0.3) is 0 Å². The SMILES string of the molecule is CNCC#Cc1cccnc1Br. The van der Waals surface area contributed by atoms with Crippen LogP contribution in [0.15, 0.2) is 22.9 Å². The Balaban J connectivity index is 2.77. The monoisotopic (exact) mass is 224 g/mol. The smallest absolute Gasteiger partial charge is 0.121 e. The molecule has 3 heteroatoms. The van der Waals surface area contributed by atoms with Gasteiger partial charge < -0.3 is 5.32 Å². The lowest BCUT2D eigenvalue weighted by Gasteiger charge is -1.91. The van der Waals surface area contributed by atoms with Gasteiger partial charge in [-0.15, -0.1) is 0 Å². The summed E-state index contributed by atoms with van der Waals surface area (Å²) >= 11 is 3.31. The Kier molecular flexibility index (Phi) is 3.78. The maximum atomic E-state index is 4.05. The van der Waals surface area contributed by atoms with E-state index in [1.807, 2.05) is 19.2 Å². The Morgan fingerprint density at radius 3 is 3.17 bits per heavy atom. The molecule has 0 aliphatic carbocycles. The molecule has 0 spiro atoms. The summed E-state index contributed by atoms with van der Waals surface area (Å²) in [5.74, 6) is 5.95. The minimum Gasteiger partial charge on any atom is -0.309 e. The van der Waals surface area contributed by atoms with Crippen molar-refractivity contribution in [3.8, 4) is 11.8 Å². The molecule has 12 heavy (non-hydrogen) atoms. The van der Waals surface area contributed by atoms with Gasteiger partial charge in [-0.05, 0) is 35.1 Å². The Morgan fingerprint density at radius 1 is 1.67 bits per heavy atom. The number of halogens is 1. The third-order valence-corrected chi connectivity index (χ3v) is 1.88. The second kappa shape index (κ2) is 4.91. The molecule has 2 nitrogen and oxygen atoms in total. The van der Waals surface area contributed by atoms with E-state index in [0.717, 1.165) is 10.2 Å². The van der Waals surface area contributed by atoms with Gasteiger partial charge in [0, 0.05) is 6.20 Å². The van der Waals surface area contributed by atoms with E-state index in [2.05, 4.69) is 38.1 Å². The van der Waals surface area contributed by atoms with E-state index in [9.17, 15) is 0 Å². The molecular formula is C9H9BrN2. The third-order valence-electron chi connectivity index (χ3n) is 1.25. The summed E-state index contributed by atoms with van der Waals surface area (Å²) in [5.41, 5.74) is 0.924. The van der Waals surface area contributed by atoms with E-state index in [-0.39, 0.29) is 0 Å². The molecule has 1 N–H and O–H groups in total. The molecule has 0 aromatic carbocycles. The van der Waals surface area contributed by atoms with Crippen LogP contribution in [0.2, 0.25) is 0 Å². The van der Waals surface area contributed by atoms with E-state index in [1.165, 1.54) is 0 Å². The number of pyridine rings is 1. The van der Waals surface area contributed by atoms with Crippen LogP contribution in [0.1, 0.15) is 5.56 Å². The van der Waals surface area contributed by atoms with Gasteiger partial charge in [0.2, 0.25) is 0 Å². The highest BCUT2D eigenvalue weighted by Gasteiger charge is 1.92. The normalized spacial score (nSPS) is 8.83. The van der Waals surface area contributed by atoms with Crippen molar-refractivity contribution in [1.29, 1.82) is 0 Å². The number of rotatable bonds is 1. The molecule has 1 heterocycles. The topological polar surface area (TPSA) is 24.9 Å². The second-order valence-electron chi connectivity index (χ2n) is 2.17. The third kappa shape index (κ3) is 2.65. The van der Waals surface area contributed by atoms with Crippen molar-refractivity contribution in [1.82, 2.24) is 10.3 Å². The van der Waals surface area contributed by atoms with Crippen LogP contribution < -0.4 is 5.32 Å². The first kappa shape index (κ1) is 9.24. The first-order valence-electron chi connectivity index (χ1n) is 3.58. The highest BCUT2D eigenvalue weighted by Crippen LogP contribution is 2.10. The first-order chi connectivity index (χ1) is 5.84. The average Bonchev–Trinajstić information content (AvgIpc) is 2.09. The van der Waals surface area contributed by atoms with Crippen LogP contribution in [0, 0.1) is 11.8 Å². The molecule has 0 radical (unpaired) electrons. The zero-order chi connectivity index (χ0) is 8.81. The molecule has 0 saturated carbocycles. The maximum Gasteiger partial charge on any atom is 0.121 e. The van der Waals surface area contributed by atoms with Gasteiger partial charge in [0.15, 0.2) is 0 Å². The van der Waals surface area contributed by atoms with Crippen LogP contribution in [0.25, 0.3) is 0 Å². The summed E-state index contributed by atoms with van der Waals surface area (Å²) in [6.45, 7) is 0.696. The van der Waals surface area contributed by atoms with Crippen LogP contribution in [0.3, 0.4) is 0 Å². The van der Waals surface area contributed by atoms with Crippen molar-refractivity contribution in [2.45, 2.75) is 0 Å². The van der Waals surface area contributed by atoms with Gasteiger partial charge in [-0.25, -0.2) is 4.98 Å². The molecule has 1 rings (SSSR count). The predicted octanol–water partition coefficient (Wildman–Crippen LogP) is 1.42. The second-order valence-corrected chi connectivity index (χ2v) is 2.93. The minimum atomic E-state index is 0.696. The standard InChI is InChI=1S/C9H9BrN2/c1-11-6-2-4-8-5-3-7-12-9(8)10/h3,5,7,11H,6H2,1H3. The first-order valence-corrected chi connectivity index (χ1v) is 4.38. The zero-order valence-corrected chi connectivity index (χ0v) is 8.35. The van der Waals surface area contributed by atoms with Gasteiger partial charge in [-0.3, -0.25) is 0 Å². The highest BCUT2D eigenvalue weighted by molar-refractivity contribution is 9.10. The molecule has 1 aromatic heterocycles. The molecular weight excluding hydrogens is 216 g/mol. The van der Waals surface area contributed by atoms with E-state index >= 15 is 0 Å². The predicted molar refractivity (Wildman–Crippen MR) is 52.7 cm³/mol. The van der Waals surface area contributed by atoms with Crippen molar-refractivity contribution < 1.29 is 0 Å². The number of hydrogen-bond donors (Lipinski definition) is 1. The van der Waals surface area contributed by atoms with Crippen molar-refractivity contribution >= 4 is 15.9 Å². The van der Waals surface area contributed by atoms with E-state index in [0.29, 0.717) is 6.54 Å². The highest BCUT2D eigenvalue weighted by atomic mass is 79.9. The van der Waals surface area contributed by atoms with Gasteiger partial charge >= 0.3 is 0 Å². The van der Waals surface area contributed by atoms with Gasteiger partial charge in [-0.2, -0.15) is 0 Å². The molecule has 0 saturated heterocycles. The summed E-state index contributed by atoms with van der Waals surface area (Å²) < 4.78 is 0.800. The summed E-state index contributed by atoms with van der Waals surface area (Å²) in [6, 6.07) is 3.80. The number of nitrogens with one attached hydrogen (secondary N) is 1. The Morgan fingerprint density at radius 2 is 2.50 bits per heavy atom. The van der Waals surface area contributed by atoms with Crippen LogP contribution in [0.5, 0.6) is 0 Å². The molecule has 0 fully saturated rings. The molecule has 0 unspecified atom stereocenters. The van der Waals surface area contributed by atoms with E-state index in [1.54, 1.807) is 6.20 Å². The molecule has 0 aliphatic heterocycles. The van der Waals surface area contributed by atoms with E-state index in [4.69, 9.17) is 0 Å². The molecule has 0 aliphatic rings. The minimum absolute atomic E-state index is 0.696. The van der Waals surface area contributed by atoms with E-state index < -0.39 is 0 Å². The quantitative estimate of drug-likeness (QED) is 0.577. The van der Waals surface area contributed by atoms with Gasteiger partial charge in [0.05, 0.1) is 12.1 Å². The molecule has 0 bridgehead atoms. The summed E-state index contributed by atoms with van der Waals surface area (Å²) in [5, 5.41) is 2.95. The molecule has 0 amide bonds. The molecule has 0 atom stereocenters. The number of aromatic nitrogens is 1. The lowest BCUT2D eigenvalue weighted by atomic mass is 10.3. The Bertz CT molecular complexity index is 312. The molecule has 62 valence electrons. The Hall–Kier alpha value is -0.850. The van der Waals surface area contributed by atoms with Crippen LogP contribution in [-0.4, -0.2) is 18.6 Å². The Labute approximate surface area is 80.5 Å². The maximum absolute atomic E-state index is 4.05. The van der Waals surface area contributed by atoms with Crippen molar-refractivity contribution in [3.05, 3.63) is 28.5 Å². The largest absolute Gasteiger partial charge is 0.309 e. The van der Waals surface area contributed by atoms with Crippen molar-refractivity contribution in [2.24, 2.45) is 0 Å². The fourth-order valence-electron chi connectivity index (χ4n) is 0.707. The summed E-state index contributed by atoms with van der Waals surface area (Å²) in [4.78, 5) is 4.05. The zero-order valence-electron chi connectivity index (χ0n) is 6.76. The van der Waals surface area contributed by atoms with Crippen LogP contribution >= 0.6 is 15.9 Å². The lowest BCUT2D eigenvalue weighted by Crippen LogP contribution is -2.04. The van der Waals surface area contributed by atoms with Crippen molar-refractivity contribution in [2.75, 3.05) is 13.6 Å². The van der Waals surface area contributed by atoms with Crippen molar-refractivity contribution in [3.63, 3.8) is 0 Å². The van der Waals surface area contributed by atoms with Crippen LogP contribution in [-0.2, 0) is 0 Å². The number of hydrogen-bond acceptors (Lipinski definition) is 2. The average molecular weight is 225 g/mol. The summed E-state index contributed by atoms with van der Waals surface area (Å²) in [7, 11) is 1.87.